The number of nitrogens with zero attached hydrogens (tertiary/aromatic N) is 5. The fourth-order valence-electron chi connectivity index (χ4n) is 2.27. The topological polar surface area (TPSA) is 69.6 Å². The molecule has 0 atom stereocenters. The Morgan fingerprint density at radius 3 is 2.96 bits per heavy atom. The lowest BCUT2D eigenvalue weighted by Crippen LogP contribution is -1.94. The van der Waals surface area contributed by atoms with Crippen LogP contribution in [0.4, 0.5) is 4.39 Å². The van der Waals surface area contributed by atoms with Gasteiger partial charge in [0.1, 0.15) is 5.82 Å². The number of thioether (sulfide) groups is 1. The van der Waals surface area contributed by atoms with Crippen molar-refractivity contribution in [3.05, 3.63) is 52.8 Å². The third-order valence-corrected chi connectivity index (χ3v) is 5.18. The van der Waals surface area contributed by atoms with Crippen LogP contribution in [0.15, 0.2) is 50.8 Å². The molecule has 0 bridgehead atoms. The van der Waals surface area contributed by atoms with Gasteiger partial charge in [0.15, 0.2) is 11.0 Å². The maximum absolute atomic E-state index is 13.3. The van der Waals surface area contributed by atoms with E-state index in [2.05, 4.69) is 20.3 Å². The molecule has 0 aliphatic heterocycles. The van der Waals surface area contributed by atoms with Gasteiger partial charge in [-0.1, -0.05) is 29.1 Å². The Labute approximate surface area is 150 Å². The monoisotopic (exact) mass is 373 g/mol. The zero-order valence-electron chi connectivity index (χ0n) is 13.1. The van der Waals surface area contributed by atoms with Crippen molar-refractivity contribution in [2.24, 2.45) is 7.05 Å². The molecule has 4 aromatic rings. The largest absolute Gasteiger partial charge is 0.338 e. The summed E-state index contributed by atoms with van der Waals surface area (Å²) in [6, 6.07) is 8.10. The molecule has 0 aliphatic rings. The van der Waals surface area contributed by atoms with E-state index in [1.54, 1.807) is 23.5 Å². The number of halogens is 1. The van der Waals surface area contributed by atoms with Crippen LogP contribution >= 0.6 is 23.1 Å². The van der Waals surface area contributed by atoms with Crippen LogP contribution < -0.4 is 0 Å². The van der Waals surface area contributed by atoms with Crippen LogP contribution in [0, 0.1) is 5.82 Å². The summed E-state index contributed by atoms with van der Waals surface area (Å²) < 4.78 is 20.5. The number of hydrogen-bond donors (Lipinski definition) is 0. The standard InChI is InChI=1S/C16H12FN5OS2/c1-22-15(11-5-6-24-8-11)19-20-16(22)25-9-13-18-14(21-23-13)10-3-2-4-12(17)7-10/h2-8H,9H2,1H3. The van der Waals surface area contributed by atoms with Gasteiger partial charge in [-0.3, -0.25) is 0 Å². The summed E-state index contributed by atoms with van der Waals surface area (Å²) in [4.78, 5) is 4.30. The number of thiophene rings is 1. The second-order valence-electron chi connectivity index (χ2n) is 5.19. The Morgan fingerprint density at radius 1 is 1.24 bits per heavy atom. The summed E-state index contributed by atoms with van der Waals surface area (Å²) in [5.74, 6) is 1.75. The second kappa shape index (κ2) is 6.77. The van der Waals surface area contributed by atoms with Gasteiger partial charge in [0.2, 0.25) is 11.7 Å². The first kappa shape index (κ1) is 16.0. The van der Waals surface area contributed by atoms with Crippen LogP contribution in [0.5, 0.6) is 0 Å². The van der Waals surface area contributed by atoms with Crippen LogP contribution in [-0.2, 0) is 12.8 Å². The highest BCUT2D eigenvalue weighted by Crippen LogP contribution is 2.26. The van der Waals surface area contributed by atoms with E-state index >= 15 is 0 Å². The van der Waals surface area contributed by atoms with E-state index in [-0.39, 0.29) is 5.82 Å². The molecule has 0 aliphatic carbocycles. The maximum Gasteiger partial charge on any atom is 0.237 e. The fraction of sp³-hybridized carbons (Fsp3) is 0.125. The molecule has 1 aromatic carbocycles. The van der Waals surface area contributed by atoms with E-state index in [0.717, 1.165) is 16.5 Å². The molecule has 4 rings (SSSR count). The molecular formula is C16H12FN5OS2. The third kappa shape index (κ3) is 3.33. The minimum atomic E-state index is -0.335. The molecule has 6 nitrogen and oxygen atoms in total. The Hall–Kier alpha value is -2.52. The zero-order valence-corrected chi connectivity index (χ0v) is 14.7. The lowest BCUT2D eigenvalue weighted by molar-refractivity contribution is 0.391. The number of rotatable bonds is 5. The van der Waals surface area contributed by atoms with Gasteiger partial charge in [0.25, 0.3) is 0 Å². The smallest absolute Gasteiger partial charge is 0.237 e. The molecule has 3 heterocycles. The summed E-state index contributed by atoms with van der Waals surface area (Å²) in [7, 11) is 1.92. The molecule has 0 spiro atoms. The number of hydrogen-bond acceptors (Lipinski definition) is 7. The summed E-state index contributed by atoms with van der Waals surface area (Å²) >= 11 is 3.07. The summed E-state index contributed by atoms with van der Waals surface area (Å²) in [6.07, 6.45) is 0. The predicted molar refractivity (Wildman–Crippen MR) is 93.6 cm³/mol. The molecule has 0 N–H and O–H groups in total. The van der Waals surface area contributed by atoms with Gasteiger partial charge < -0.3 is 9.09 Å². The van der Waals surface area contributed by atoms with Gasteiger partial charge >= 0.3 is 0 Å². The first-order valence-electron chi connectivity index (χ1n) is 7.34. The fourth-order valence-corrected chi connectivity index (χ4v) is 3.65. The summed E-state index contributed by atoms with van der Waals surface area (Å²) in [6.45, 7) is 0. The first-order valence-corrected chi connectivity index (χ1v) is 9.27. The van der Waals surface area contributed by atoms with E-state index in [4.69, 9.17) is 4.52 Å². The molecule has 0 saturated heterocycles. The van der Waals surface area contributed by atoms with E-state index in [1.807, 2.05) is 28.4 Å². The third-order valence-electron chi connectivity index (χ3n) is 3.49. The quantitative estimate of drug-likeness (QED) is 0.492. The summed E-state index contributed by atoms with van der Waals surface area (Å²) in [5, 5.41) is 17.1. The van der Waals surface area contributed by atoms with E-state index < -0.39 is 0 Å². The van der Waals surface area contributed by atoms with Gasteiger partial charge in [-0.05, 0) is 23.6 Å². The van der Waals surface area contributed by atoms with Crippen molar-refractivity contribution >= 4 is 23.1 Å². The van der Waals surface area contributed by atoms with Crippen LogP contribution in [0.2, 0.25) is 0 Å². The lowest BCUT2D eigenvalue weighted by Gasteiger charge is -2.00. The number of aromatic nitrogens is 5. The van der Waals surface area contributed by atoms with Crippen molar-refractivity contribution in [3.8, 4) is 22.8 Å². The molecule has 0 radical (unpaired) electrons. The van der Waals surface area contributed by atoms with Crippen molar-refractivity contribution in [2.45, 2.75) is 10.9 Å². The molecular weight excluding hydrogens is 361 g/mol. The highest BCUT2D eigenvalue weighted by Gasteiger charge is 2.14. The van der Waals surface area contributed by atoms with Gasteiger partial charge in [-0.15, -0.1) is 10.2 Å². The van der Waals surface area contributed by atoms with E-state index in [9.17, 15) is 4.39 Å². The predicted octanol–water partition coefficient (Wildman–Crippen LogP) is 4.03. The van der Waals surface area contributed by atoms with Gasteiger partial charge in [0, 0.05) is 23.6 Å². The van der Waals surface area contributed by atoms with Gasteiger partial charge in [0.05, 0.1) is 5.75 Å². The average Bonchev–Trinajstić information content (AvgIpc) is 3.34. The van der Waals surface area contributed by atoms with Crippen molar-refractivity contribution in [1.29, 1.82) is 0 Å². The second-order valence-corrected chi connectivity index (χ2v) is 6.91. The molecule has 0 unspecified atom stereocenters. The van der Waals surface area contributed by atoms with Crippen molar-refractivity contribution < 1.29 is 8.91 Å². The zero-order chi connectivity index (χ0) is 17.2. The van der Waals surface area contributed by atoms with Crippen LogP contribution in [0.3, 0.4) is 0 Å². The molecule has 126 valence electrons. The van der Waals surface area contributed by atoms with Crippen molar-refractivity contribution in [1.82, 2.24) is 24.9 Å². The van der Waals surface area contributed by atoms with Crippen molar-refractivity contribution in [2.75, 3.05) is 0 Å². The molecule has 0 fully saturated rings. The van der Waals surface area contributed by atoms with Gasteiger partial charge in [-0.25, -0.2) is 4.39 Å². The Balaban J connectivity index is 1.48. The number of benzene rings is 1. The van der Waals surface area contributed by atoms with Crippen LogP contribution in [0.1, 0.15) is 5.89 Å². The van der Waals surface area contributed by atoms with Crippen LogP contribution in [0.25, 0.3) is 22.8 Å². The normalized spacial score (nSPS) is 11.1. The average molecular weight is 373 g/mol. The SMILES string of the molecule is Cn1c(SCc2nc(-c3cccc(F)c3)no2)nnc1-c1ccsc1. The Morgan fingerprint density at radius 2 is 2.16 bits per heavy atom. The molecule has 25 heavy (non-hydrogen) atoms. The van der Waals surface area contributed by atoms with Crippen molar-refractivity contribution in [3.63, 3.8) is 0 Å². The highest BCUT2D eigenvalue weighted by molar-refractivity contribution is 7.98. The lowest BCUT2D eigenvalue weighted by atomic mass is 10.2. The molecule has 9 heteroatoms. The Bertz CT molecular complexity index is 996. The Kier molecular flexibility index (Phi) is 4.33. The minimum Gasteiger partial charge on any atom is -0.338 e. The van der Waals surface area contributed by atoms with Crippen LogP contribution in [-0.4, -0.2) is 24.9 Å². The molecule has 3 aromatic heterocycles. The minimum absolute atomic E-state index is 0.335. The summed E-state index contributed by atoms with van der Waals surface area (Å²) in [5.41, 5.74) is 1.62. The van der Waals surface area contributed by atoms with E-state index in [1.165, 1.54) is 23.9 Å². The molecule has 0 amide bonds. The molecule has 0 saturated carbocycles. The first-order chi connectivity index (χ1) is 12.2. The van der Waals surface area contributed by atoms with E-state index in [0.29, 0.717) is 23.0 Å². The van der Waals surface area contributed by atoms with Gasteiger partial charge in [-0.2, -0.15) is 16.3 Å². The highest BCUT2D eigenvalue weighted by atomic mass is 32.2. The maximum atomic E-state index is 13.3.